The number of nitrogens with zero attached hydrogens (tertiary/aromatic N) is 1. The van der Waals surface area contributed by atoms with Crippen LogP contribution in [0.4, 0.5) is 10.5 Å². The highest BCUT2D eigenvalue weighted by Gasteiger charge is 2.35. The third-order valence-corrected chi connectivity index (χ3v) is 5.30. The number of nitriles is 1. The molecule has 0 heterocycles. The lowest BCUT2D eigenvalue weighted by molar-refractivity contribution is -0.124. The van der Waals surface area contributed by atoms with Gasteiger partial charge >= 0.3 is 6.09 Å². The van der Waals surface area contributed by atoms with Crippen molar-refractivity contribution in [2.45, 2.75) is 32.8 Å². The highest BCUT2D eigenvalue weighted by atomic mass is 79.9. The summed E-state index contributed by atoms with van der Waals surface area (Å²) >= 11 is 3.38. The van der Waals surface area contributed by atoms with Gasteiger partial charge in [0.25, 0.3) is 5.91 Å². The SMILES string of the molecule is CC(C)(CC/C=C/C(=O)NO)[C@@H](OC(=O)Nc1ccc(C#N)cc1)c1cc(Br)ccc1O. The molecule has 2 rings (SSSR count). The standard InChI is InChI=1S/C23H24BrN3O5/c1-23(2,12-4-3-5-20(29)27-31)21(18-13-16(24)8-11-19(18)28)32-22(30)26-17-9-6-15(14-25)7-10-17/h3,5-11,13,21,28,31H,4,12H2,1-2H3,(H,26,30)(H,27,29)/b5-3+/t21-/m0/s1. The minimum atomic E-state index is -0.821. The van der Waals surface area contributed by atoms with Crippen LogP contribution in [0.2, 0.25) is 0 Å². The molecule has 0 saturated heterocycles. The number of amides is 2. The molecule has 0 saturated carbocycles. The maximum Gasteiger partial charge on any atom is 0.412 e. The predicted octanol–water partition coefficient (Wildman–Crippen LogP) is 5.18. The lowest BCUT2D eigenvalue weighted by Crippen LogP contribution is -2.29. The van der Waals surface area contributed by atoms with Gasteiger partial charge in [-0.25, -0.2) is 10.3 Å². The van der Waals surface area contributed by atoms with Crippen molar-refractivity contribution in [3.8, 4) is 11.8 Å². The van der Waals surface area contributed by atoms with Gasteiger partial charge in [0.2, 0.25) is 0 Å². The summed E-state index contributed by atoms with van der Waals surface area (Å²) in [6.07, 6.45) is 2.23. The number of hydrogen-bond acceptors (Lipinski definition) is 6. The van der Waals surface area contributed by atoms with Gasteiger partial charge in [0, 0.05) is 27.2 Å². The van der Waals surface area contributed by atoms with E-state index in [0.717, 1.165) is 0 Å². The number of hydroxylamine groups is 1. The van der Waals surface area contributed by atoms with E-state index in [2.05, 4.69) is 21.2 Å². The van der Waals surface area contributed by atoms with Gasteiger partial charge in [0.15, 0.2) is 0 Å². The second-order valence-electron chi connectivity index (χ2n) is 7.71. The van der Waals surface area contributed by atoms with Gasteiger partial charge in [-0.15, -0.1) is 0 Å². The Labute approximate surface area is 194 Å². The van der Waals surface area contributed by atoms with E-state index in [-0.39, 0.29) is 5.75 Å². The summed E-state index contributed by atoms with van der Waals surface area (Å²) in [7, 11) is 0. The molecule has 0 aliphatic carbocycles. The van der Waals surface area contributed by atoms with Crippen LogP contribution in [0.1, 0.15) is 43.9 Å². The van der Waals surface area contributed by atoms with Crippen molar-refractivity contribution in [3.05, 3.63) is 70.2 Å². The van der Waals surface area contributed by atoms with Crippen molar-refractivity contribution < 1.29 is 24.6 Å². The third-order valence-electron chi connectivity index (χ3n) is 4.80. The van der Waals surface area contributed by atoms with E-state index in [0.29, 0.717) is 34.1 Å². The molecule has 168 valence electrons. The molecule has 0 aliphatic rings. The summed E-state index contributed by atoms with van der Waals surface area (Å²) in [5.41, 5.74) is 2.23. The average molecular weight is 502 g/mol. The van der Waals surface area contributed by atoms with Gasteiger partial charge in [-0.1, -0.05) is 35.9 Å². The number of allylic oxidation sites excluding steroid dienone is 1. The Morgan fingerprint density at radius 2 is 1.94 bits per heavy atom. The van der Waals surface area contributed by atoms with Crippen molar-refractivity contribution in [3.63, 3.8) is 0 Å². The zero-order chi connectivity index (χ0) is 23.7. The van der Waals surface area contributed by atoms with Crippen molar-refractivity contribution >= 4 is 33.6 Å². The van der Waals surface area contributed by atoms with Crippen molar-refractivity contribution in [1.29, 1.82) is 5.26 Å². The van der Waals surface area contributed by atoms with Crippen LogP contribution in [-0.4, -0.2) is 22.3 Å². The van der Waals surface area contributed by atoms with Crippen LogP contribution < -0.4 is 10.8 Å². The molecule has 0 unspecified atom stereocenters. The first-order chi connectivity index (χ1) is 15.2. The summed E-state index contributed by atoms with van der Waals surface area (Å²) < 4.78 is 6.47. The molecule has 2 aromatic rings. The number of carbonyl (C=O) groups excluding carboxylic acids is 2. The molecule has 32 heavy (non-hydrogen) atoms. The molecular formula is C23H24BrN3O5. The largest absolute Gasteiger partial charge is 0.508 e. The summed E-state index contributed by atoms with van der Waals surface area (Å²) in [4.78, 5) is 23.8. The number of anilines is 1. The number of benzene rings is 2. The molecule has 0 radical (unpaired) electrons. The molecular weight excluding hydrogens is 478 g/mol. The first-order valence-electron chi connectivity index (χ1n) is 9.73. The Kier molecular flexibility index (Phi) is 8.81. The fraction of sp³-hybridized carbons (Fsp3) is 0.261. The predicted molar refractivity (Wildman–Crippen MR) is 122 cm³/mol. The van der Waals surface area contributed by atoms with Gasteiger partial charge in [-0.05, 0) is 55.3 Å². The topological polar surface area (TPSA) is 132 Å². The number of rotatable bonds is 8. The second-order valence-corrected chi connectivity index (χ2v) is 8.62. The molecule has 8 nitrogen and oxygen atoms in total. The van der Waals surface area contributed by atoms with E-state index in [4.69, 9.17) is 15.2 Å². The fourth-order valence-corrected chi connectivity index (χ4v) is 3.45. The molecule has 0 bridgehead atoms. The van der Waals surface area contributed by atoms with E-state index in [9.17, 15) is 14.7 Å². The number of ether oxygens (including phenoxy) is 1. The Balaban J connectivity index is 2.24. The van der Waals surface area contributed by atoms with Crippen LogP contribution >= 0.6 is 15.9 Å². The summed E-state index contributed by atoms with van der Waals surface area (Å²) in [6, 6.07) is 13.2. The van der Waals surface area contributed by atoms with Crippen LogP contribution in [0, 0.1) is 16.7 Å². The van der Waals surface area contributed by atoms with Gasteiger partial charge in [-0.3, -0.25) is 15.3 Å². The van der Waals surface area contributed by atoms with Crippen molar-refractivity contribution in [2.24, 2.45) is 5.41 Å². The highest BCUT2D eigenvalue weighted by molar-refractivity contribution is 9.10. The van der Waals surface area contributed by atoms with Gasteiger partial charge in [0.1, 0.15) is 11.9 Å². The second kappa shape index (κ2) is 11.3. The van der Waals surface area contributed by atoms with E-state index in [1.54, 1.807) is 42.5 Å². The summed E-state index contributed by atoms with van der Waals surface area (Å²) in [5, 5.41) is 30.5. The molecule has 2 amide bonds. The molecule has 0 aromatic heterocycles. The summed E-state index contributed by atoms with van der Waals surface area (Å²) in [6.45, 7) is 3.76. The number of carbonyl (C=O) groups is 2. The Morgan fingerprint density at radius 3 is 2.56 bits per heavy atom. The number of phenols is 1. The maximum atomic E-state index is 12.7. The fourth-order valence-electron chi connectivity index (χ4n) is 3.08. The van der Waals surface area contributed by atoms with Crippen molar-refractivity contribution in [1.82, 2.24) is 5.48 Å². The smallest absolute Gasteiger partial charge is 0.412 e. The minimum absolute atomic E-state index is 0.0207. The zero-order valence-electron chi connectivity index (χ0n) is 17.6. The molecule has 1 atom stereocenters. The number of halogens is 1. The number of nitrogens with one attached hydrogen (secondary N) is 2. The molecule has 0 aliphatic heterocycles. The Morgan fingerprint density at radius 1 is 1.25 bits per heavy atom. The van der Waals surface area contributed by atoms with E-state index in [1.165, 1.54) is 17.6 Å². The van der Waals surface area contributed by atoms with Gasteiger partial charge in [-0.2, -0.15) is 5.26 Å². The van der Waals surface area contributed by atoms with E-state index in [1.807, 2.05) is 19.9 Å². The Bertz CT molecular complexity index is 1030. The van der Waals surface area contributed by atoms with Gasteiger partial charge in [0.05, 0.1) is 11.6 Å². The van der Waals surface area contributed by atoms with Crippen LogP contribution in [0.5, 0.6) is 5.75 Å². The minimum Gasteiger partial charge on any atom is -0.508 e. The lowest BCUT2D eigenvalue weighted by Gasteiger charge is -2.34. The number of hydrogen-bond donors (Lipinski definition) is 4. The quantitative estimate of drug-likeness (QED) is 0.223. The summed E-state index contributed by atoms with van der Waals surface area (Å²) in [5.74, 6) is -0.658. The first kappa shape index (κ1) is 24.9. The molecule has 2 aromatic carbocycles. The first-order valence-corrected chi connectivity index (χ1v) is 10.5. The molecule has 4 N–H and O–H groups in total. The van der Waals surface area contributed by atoms with Crippen LogP contribution in [0.25, 0.3) is 0 Å². The van der Waals surface area contributed by atoms with Gasteiger partial charge < -0.3 is 9.84 Å². The molecule has 9 heteroatoms. The Hall–Kier alpha value is -3.35. The van der Waals surface area contributed by atoms with E-state index >= 15 is 0 Å². The monoisotopic (exact) mass is 501 g/mol. The van der Waals surface area contributed by atoms with Crippen LogP contribution in [0.15, 0.2) is 59.1 Å². The van der Waals surface area contributed by atoms with E-state index < -0.39 is 23.5 Å². The number of aromatic hydroxyl groups is 1. The van der Waals surface area contributed by atoms with Crippen molar-refractivity contribution in [2.75, 3.05) is 5.32 Å². The van der Waals surface area contributed by atoms with Crippen LogP contribution in [0.3, 0.4) is 0 Å². The lowest BCUT2D eigenvalue weighted by atomic mass is 9.78. The average Bonchev–Trinajstić information content (AvgIpc) is 2.77. The maximum absolute atomic E-state index is 12.7. The third kappa shape index (κ3) is 7.11. The number of phenolic OH excluding ortho intramolecular Hbond substituents is 1. The zero-order valence-corrected chi connectivity index (χ0v) is 19.2. The highest BCUT2D eigenvalue weighted by Crippen LogP contribution is 2.44. The molecule has 0 spiro atoms. The van der Waals surface area contributed by atoms with Crippen LogP contribution in [-0.2, 0) is 9.53 Å². The molecule has 0 fully saturated rings. The normalized spacial score (nSPS) is 12.1.